The van der Waals surface area contributed by atoms with Gasteiger partial charge in [-0.3, -0.25) is 4.40 Å². The molecule has 1 aromatic carbocycles. The van der Waals surface area contributed by atoms with Crippen LogP contribution in [0, 0.1) is 13.8 Å². The highest BCUT2D eigenvalue weighted by molar-refractivity contribution is 7.17. The van der Waals surface area contributed by atoms with E-state index < -0.39 is 5.97 Å². The maximum Gasteiger partial charge on any atom is 0.328 e. The first kappa shape index (κ1) is 15.5. The lowest BCUT2D eigenvalue weighted by molar-refractivity contribution is -0.131. The van der Waals surface area contributed by atoms with Crippen LogP contribution in [0.2, 0.25) is 0 Å². The molecule has 5 heteroatoms. The minimum absolute atomic E-state index is 0.823. The lowest BCUT2D eigenvalue weighted by atomic mass is 10.1. The zero-order chi connectivity index (χ0) is 16.6. The van der Waals surface area contributed by atoms with Gasteiger partial charge in [-0.1, -0.05) is 36.8 Å². The van der Waals surface area contributed by atoms with Crippen LogP contribution in [0.4, 0.5) is 0 Å². The number of carboxylic acid groups (broad SMARTS) is 1. The van der Waals surface area contributed by atoms with Gasteiger partial charge < -0.3 is 5.11 Å². The average Bonchev–Trinajstić information content (AvgIpc) is 3.00. The summed E-state index contributed by atoms with van der Waals surface area (Å²) in [5, 5.41) is 9.00. The number of aromatic nitrogens is 2. The molecule has 3 aromatic rings. The molecule has 0 spiro atoms. The molecule has 0 aliphatic carbocycles. The quantitative estimate of drug-likeness (QED) is 0.726. The van der Waals surface area contributed by atoms with E-state index in [-0.39, 0.29) is 0 Å². The van der Waals surface area contributed by atoms with Crippen LogP contribution in [0.25, 0.3) is 22.3 Å². The molecule has 3 rings (SSSR count). The first-order chi connectivity index (χ1) is 11.0. The first-order valence-corrected chi connectivity index (χ1v) is 8.31. The first-order valence-electron chi connectivity index (χ1n) is 7.50. The topological polar surface area (TPSA) is 54.6 Å². The number of hydrogen-bond acceptors (Lipinski definition) is 3. The molecule has 0 amide bonds. The van der Waals surface area contributed by atoms with Crippen molar-refractivity contribution in [3.05, 3.63) is 52.2 Å². The van der Waals surface area contributed by atoms with Gasteiger partial charge in [0.05, 0.1) is 11.4 Å². The largest absolute Gasteiger partial charge is 0.478 e. The van der Waals surface area contributed by atoms with E-state index in [0.717, 1.165) is 28.3 Å². The van der Waals surface area contributed by atoms with E-state index in [0.29, 0.717) is 0 Å². The minimum atomic E-state index is -0.959. The Morgan fingerprint density at radius 1 is 1.30 bits per heavy atom. The summed E-state index contributed by atoms with van der Waals surface area (Å²) in [4.78, 5) is 17.8. The average molecular weight is 326 g/mol. The van der Waals surface area contributed by atoms with Crippen LogP contribution >= 0.6 is 11.3 Å². The van der Waals surface area contributed by atoms with E-state index in [1.807, 2.05) is 31.2 Å². The summed E-state index contributed by atoms with van der Waals surface area (Å²) in [5.74, 6) is -0.959. The standard InChI is InChI=1S/C18H18N2O2S/c1-4-14-12(3)23-18-19-17(13-7-5-11(2)6-8-13)15(20(14)18)9-10-16(21)22/h5-10H,4H2,1-3H3,(H,21,22)/b10-9+. The fraction of sp³-hybridized carbons (Fsp3) is 0.222. The Morgan fingerprint density at radius 3 is 2.61 bits per heavy atom. The Labute approximate surface area is 138 Å². The van der Waals surface area contributed by atoms with Crippen molar-refractivity contribution in [1.29, 1.82) is 0 Å². The van der Waals surface area contributed by atoms with E-state index in [4.69, 9.17) is 10.1 Å². The molecule has 0 unspecified atom stereocenters. The number of carbonyl (C=O) groups is 1. The van der Waals surface area contributed by atoms with Gasteiger partial charge in [-0.05, 0) is 26.3 Å². The van der Waals surface area contributed by atoms with Crippen molar-refractivity contribution in [3.8, 4) is 11.3 Å². The highest BCUT2D eigenvalue weighted by Gasteiger charge is 2.18. The number of aliphatic carboxylic acids is 1. The zero-order valence-corrected chi connectivity index (χ0v) is 14.1. The van der Waals surface area contributed by atoms with Crippen LogP contribution < -0.4 is 0 Å². The fourth-order valence-electron chi connectivity index (χ4n) is 2.73. The molecule has 4 nitrogen and oxygen atoms in total. The van der Waals surface area contributed by atoms with Crippen LogP contribution in [-0.4, -0.2) is 20.5 Å². The Kier molecular flexibility index (Phi) is 4.05. The predicted octanol–water partition coefficient (Wildman–Crippen LogP) is 4.34. The summed E-state index contributed by atoms with van der Waals surface area (Å²) >= 11 is 1.64. The van der Waals surface area contributed by atoms with Crippen LogP contribution in [0.5, 0.6) is 0 Å². The number of hydrogen-bond donors (Lipinski definition) is 1. The molecule has 0 saturated heterocycles. The summed E-state index contributed by atoms with van der Waals surface area (Å²) in [6, 6.07) is 8.13. The van der Waals surface area contributed by atoms with Crippen LogP contribution in [-0.2, 0) is 11.2 Å². The Hall–Kier alpha value is -2.40. The van der Waals surface area contributed by atoms with Gasteiger partial charge in [-0.25, -0.2) is 9.78 Å². The number of imidazole rings is 1. The number of benzene rings is 1. The van der Waals surface area contributed by atoms with Crippen molar-refractivity contribution < 1.29 is 9.90 Å². The monoisotopic (exact) mass is 326 g/mol. The third kappa shape index (κ3) is 2.80. The van der Waals surface area contributed by atoms with Gasteiger partial charge in [0.25, 0.3) is 0 Å². The molecule has 0 aliphatic heterocycles. The molecule has 0 saturated carbocycles. The highest BCUT2D eigenvalue weighted by Crippen LogP contribution is 2.32. The Balaban J connectivity index is 2.28. The van der Waals surface area contributed by atoms with Gasteiger partial charge in [-0.2, -0.15) is 0 Å². The van der Waals surface area contributed by atoms with Gasteiger partial charge in [0.1, 0.15) is 0 Å². The molecule has 0 atom stereocenters. The van der Waals surface area contributed by atoms with E-state index in [2.05, 4.69) is 18.2 Å². The molecule has 2 heterocycles. The van der Waals surface area contributed by atoms with E-state index >= 15 is 0 Å². The molecule has 0 radical (unpaired) electrons. The van der Waals surface area contributed by atoms with Crippen molar-refractivity contribution in [2.24, 2.45) is 0 Å². The summed E-state index contributed by atoms with van der Waals surface area (Å²) in [7, 11) is 0. The molecular formula is C18H18N2O2S. The molecule has 118 valence electrons. The third-order valence-electron chi connectivity index (χ3n) is 3.85. The van der Waals surface area contributed by atoms with Crippen molar-refractivity contribution >= 4 is 28.3 Å². The van der Waals surface area contributed by atoms with Crippen molar-refractivity contribution in [1.82, 2.24) is 9.38 Å². The highest BCUT2D eigenvalue weighted by atomic mass is 32.1. The maximum absolute atomic E-state index is 11.0. The maximum atomic E-state index is 11.0. The number of carboxylic acids is 1. The van der Waals surface area contributed by atoms with E-state index in [1.165, 1.54) is 22.2 Å². The van der Waals surface area contributed by atoms with Gasteiger partial charge in [0.15, 0.2) is 4.96 Å². The Bertz CT molecular complexity index is 901. The summed E-state index contributed by atoms with van der Waals surface area (Å²) in [5.41, 5.74) is 5.01. The van der Waals surface area contributed by atoms with E-state index in [1.54, 1.807) is 17.4 Å². The van der Waals surface area contributed by atoms with Crippen LogP contribution in [0.15, 0.2) is 30.3 Å². The lowest BCUT2D eigenvalue weighted by Crippen LogP contribution is -1.95. The number of nitrogens with zero attached hydrogens (tertiary/aromatic N) is 2. The third-order valence-corrected chi connectivity index (χ3v) is 4.84. The second kappa shape index (κ2) is 6.01. The lowest BCUT2D eigenvalue weighted by Gasteiger charge is -2.04. The Morgan fingerprint density at radius 2 is 2.00 bits per heavy atom. The van der Waals surface area contributed by atoms with Crippen LogP contribution in [0.1, 0.15) is 28.8 Å². The molecule has 0 bridgehead atoms. The van der Waals surface area contributed by atoms with Gasteiger partial charge in [0, 0.05) is 22.2 Å². The molecule has 1 N–H and O–H groups in total. The second-order valence-corrected chi connectivity index (χ2v) is 6.64. The zero-order valence-electron chi connectivity index (χ0n) is 13.3. The van der Waals surface area contributed by atoms with Crippen molar-refractivity contribution in [2.45, 2.75) is 27.2 Å². The molecule has 0 aliphatic rings. The second-order valence-electron chi connectivity index (χ2n) is 5.46. The summed E-state index contributed by atoms with van der Waals surface area (Å²) in [6.45, 7) is 6.22. The molecule has 0 fully saturated rings. The fourth-order valence-corrected chi connectivity index (χ4v) is 3.79. The van der Waals surface area contributed by atoms with Gasteiger partial charge in [-0.15, -0.1) is 11.3 Å². The summed E-state index contributed by atoms with van der Waals surface area (Å²) < 4.78 is 2.08. The van der Waals surface area contributed by atoms with Crippen LogP contribution in [0.3, 0.4) is 0 Å². The molecule has 23 heavy (non-hydrogen) atoms. The van der Waals surface area contributed by atoms with Crippen molar-refractivity contribution in [3.63, 3.8) is 0 Å². The molecular weight excluding hydrogens is 308 g/mol. The van der Waals surface area contributed by atoms with Gasteiger partial charge >= 0.3 is 5.97 Å². The minimum Gasteiger partial charge on any atom is -0.478 e. The smallest absolute Gasteiger partial charge is 0.328 e. The summed E-state index contributed by atoms with van der Waals surface area (Å²) in [6.07, 6.45) is 3.69. The van der Waals surface area contributed by atoms with Gasteiger partial charge in [0.2, 0.25) is 0 Å². The van der Waals surface area contributed by atoms with E-state index in [9.17, 15) is 4.79 Å². The van der Waals surface area contributed by atoms with Crippen molar-refractivity contribution in [2.75, 3.05) is 0 Å². The number of thiazole rings is 1. The predicted molar refractivity (Wildman–Crippen MR) is 94.0 cm³/mol. The number of fused-ring (bicyclic) bond motifs is 1. The number of aryl methyl sites for hydroxylation is 3. The molecule has 2 aromatic heterocycles. The number of rotatable bonds is 4. The normalized spacial score (nSPS) is 11.6. The SMILES string of the molecule is CCc1c(C)sc2nc(-c3ccc(C)cc3)c(/C=C/C(=O)O)n12.